The zero-order chi connectivity index (χ0) is 16.6. The number of amides is 1. The maximum absolute atomic E-state index is 11.5. The fourth-order valence-electron chi connectivity index (χ4n) is 2.29. The molecule has 1 unspecified atom stereocenters. The number of carbonyl (C=O) groups is 1. The average Bonchev–Trinajstić information content (AvgIpc) is 2.41. The highest BCUT2D eigenvalue weighted by Crippen LogP contribution is 2.28. The third kappa shape index (κ3) is 7.83. The first-order chi connectivity index (χ1) is 10.3. The molecule has 1 rings (SSSR count). The lowest BCUT2D eigenvalue weighted by molar-refractivity contribution is 0.0527. The van der Waals surface area contributed by atoms with E-state index < -0.39 is 5.60 Å². The van der Waals surface area contributed by atoms with Gasteiger partial charge in [0, 0.05) is 11.0 Å². The minimum atomic E-state index is -0.428. The maximum Gasteiger partial charge on any atom is 0.407 e. The van der Waals surface area contributed by atoms with Crippen molar-refractivity contribution in [3.05, 3.63) is 34.3 Å². The van der Waals surface area contributed by atoms with Crippen LogP contribution in [0.25, 0.3) is 0 Å². The lowest BCUT2D eigenvalue weighted by Crippen LogP contribution is -2.32. The van der Waals surface area contributed by atoms with Gasteiger partial charge in [-0.3, -0.25) is 0 Å². The van der Waals surface area contributed by atoms with E-state index in [9.17, 15) is 4.79 Å². The van der Waals surface area contributed by atoms with Crippen molar-refractivity contribution in [2.75, 3.05) is 6.54 Å². The molecular weight excluding hydrogens is 342 g/mol. The molecule has 4 heteroatoms. The van der Waals surface area contributed by atoms with Crippen molar-refractivity contribution in [2.45, 2.75) is 64.9 Å². The maximum atomic E-state index is 11.5. The lowest BCUT2D eigenvalue weighted by Gasteiger charge is -2.19. The van der Waals surface area contributed by atoms with Crippen molar-refractivity contribution in [2.24, 2.45) is 0 Å². The summed E-state index contributed by atoms with van der Waals surface area (Å²) in [5, 5.41) is 2.80. The molecule has 0 saturated heterocycles. The van der Waals surface area contributed by atoms with Crippen LogP contribution in [0.5, 0.6) is 0 Å². The monoisotopic (exact) mass is 369 g/mol. The quantitative estimate of drug-likeness (QED) is 0.631. The number of alkyl carbamates (subject to hydrolysis) is 1. The summed E-state index contributed by atoms with van der Waals surface area (Å²) in [5.41, 5.74) is 0.942. The van der Waals surface area contributed by atoms with E-state index in [0.717, 1.165) is 19.3 Å². The van der Waals surface area contributed by atoms with Crippen LogP contribution in [0.4, 0.5) is 4.79 Å². The molecule has 0 saturated carbocycles. The number of hydrogen-bond donors (Lipinski definition) is 1. The zero-order valence-corrected chi connectivity index (χ0v) is 15.7. The highest BCUT2D eigenvalue weighted by atomic mass is 79.9. The Bertz CT molecular complexity index is 468. The van der Waals surface area contributed by atoms with E-state index in [0.29, 0.717) is 12.5 Å². The standard InChI is InChI=1S/C18H28BrNO2/c1-14(15-11-7-8-12-16(15)19)10-6-5-9-13-20-17(21)22-18(2,3)4/h7-8,11-12,14H,5-6,9-10,13H2,1-4H3,(H,20,21). The Morgan fingerprint density at radius 2 is 1.91 bits per heavy atom. The Morgan fingerprint density at radius 1 is 1.23 bits per heavy atom. The van der Waals surface area contributed by atoms with Gasteiger partial charge in [-0.25, -0.2) is 4.79 Å². The van der Waals surface area contributed by atoms with Crippen molar-refractivity contribution < 1.29 is 9.53 Å². The number of ether oxygens (including phenoxy) is 1. The molecule has 0 bridgehead atoms. The van der Waals surface area contributed by atoms with Gasteiger partial charge in [0.2, 0.25) is 0 Å². The summed E-state index contributed by atoms with van der Waals surface area (Å²) in [4.78, 5) is 11.5. The molecule has 0 heterocycles. The molecule has 1 N–H and O–H groups in total. The van der Waals surface area contributed by atoms with Crippen LogP contribution in [0.1, 0.15) is 64.9 Å². The van der Waals surface area contributed by atoms with Crippen molar-refractivity contribution >= 4 is 22.0 Å². The molecule has 0 aliphatic rings. The number of benzene rings is 1. The highest BCUT2D eigenvalue weighted by molar-refractivity contribution is 9.10. The molecule has 0 radical (unpaired) electrons. The fourth-order valence-corrected chi connectivity index (χ4v) is 2.96. The fraction of sp³-hybridized carbons (Fsp3) is 0.611. The van der Waals surface area contributed by atoms with Gasteiger partial charge in [0.05, 0.1) is 0 Å². The lowest BCUT2D eigenvalue weighted by atomic mass is 9.95. The van der Waals surface area contributed by atoms with Crippen LogP contribution in [-0.4, -0.2) is 18.2 Å². The van der Waals surface area contributed by atoms with E-state index in [4.69, 9.17) is 4.74 Å². The van der Waals surface area contributed by atoms with Crippen LogP contribution in [0, 0.1) is 0 Å². The molecule has 22 heavy (non-hydrogen) atoms. The molecule has 1 atom stereocenters. The number of halogens is 1. The van der Waals surface area contributed by atoms with E-state index >= 15 is 0 Å². The predicted octanol–water partition coefficient (Wildman–Crippen LogP) is 5.64. The van der Waals surface area contributed by atoms with E-state index in [1.165, 1.54) is 16.5 Å². The molecule has 0 aliphatic carbocycles. The number of unbranched alkanes of at least 4 members (excludes halogenated alkanes) is 2. The molecule has 1 amide bonds. The first kappa shape index (κ1) is 19.0. The first-order valence-electron chi connectivity index (χ1n) is 8.01. The second kappa shape index (κ2) is 9.19. The topological polar surface area (TPSA) is 38.3 Å². The molecule has 1 aromatic rings. The van der Waals surface area contributed by atoms with Gasteiger partial charge >= 0.3 is 6.09 Å². The minimum Gasteiger partial charge on any atom is -0.444 e. The number of carbonyl (C=O) groups excluding carboxylic acids is 1. The van der Waals surface area contributed by atoms with Gasteiger partial charge in [-0.2, -0.15) is 0 Å². The summed E-state index contributed by atoms with van der Waals surface area (Å²) in [6, 6.07) is 8.40. The largest absolute Gasteiger partial charge is 0.444 e. The van der Waals surface area contributed by atoms with Gasteiger partial charge in [0.15, 0.2) is 0 Å². The molecule has 124 valence electrons. The third-order valence-corrected chi connectivity index (χ3v) is 4.14. The molecule has 0 aromatic heterocycles. The summed E-state index contributed by atoms with van der Waals surface area (Å²) < 4.78 is 6.39. The molecule has 0 fully saturated rings. The van der Waals surface area contributed by atoms with Crippen molar-refractivity contribution in [1.29, 1.82) is 0 Å². The highest BCUT2D eigenvalue weighted by Gasteiger charge is 2.15. The Balaban J connectivity index is 2.13. The van der Waals surface area contributed by atoms with Gasteiger partial charge in [0.25, 0.3) is 0 Å². The van der Waals surface area contributed by atoms with Gasteiger partial charge in [-0.15, -0.1) is 0 Å². The molecule has 0 spiro atoms. The Labute approximate surface area is 143 Å². The number of hydrogen-bond acceptors (Lipinski definition) is 2. The average molecular weight is 370 g/mol. The summed E-state index contributed by atoms with van der Waals surface area (Å²) in [6.45, 7) is 8.55. The van der Waals surface area contributed by atoms with Crippen LogP contribution in [-0.2, 0) is 4.74 Å². The smallest absolute Gasteiger partial charge is 0.407 e. The van der Waals surface area contributed by atoms with E-state index in [2.05, 4.69) is 46.4 Å². The Hall–Kier alpha value is -1.03. The summed E-state index contributed by atoms with van der Waals surface area (Å²) in [6.07, 6.45) is 4.11. The van der Waals surface area contributed by atoms with Crippen LogP contribution < -0.4 is 5.32 Å². The van der Waals surface area contributed by atoms with Crippen molar-refractivity contribution in [1.82, 2.24) is 5.32 Å². The summed E-state index contributed by atoms with van der Waals surface area (Å²) in [7, 11) is 0. The SMILES string of the molecule is CC(CCCCCNC(=O)OC(C)(C)C)c1ccccc1Br. The number of rotatable bonds is 7. The van der Waals surface area contributed by atoms with Gasteiger partial charge < -0.3 is 10.1 Å². The van der Waals surface area contributed by atoms with E-state index in [-0.39, 0.29) is 6.09 Å². The molecular formula is C18H28BrNO2. The Morgan fingerprint density at radius 3 is 2.55 bits per heavy atom. The molecule has 0 aliphatic heterocycles. The summed E-state index contributed by atoms with van der Waals surface area (Å²) in [5.74, 6) is 0.550. The second-order valence-corrected chi connectivity index (χ2v) is 7.55. The molecule has 3 nitrogen and oxygen atoms in total. The minimum absolute atomic E-state index is 0.325. The van der Waals surface area contributed by atoms with E-state index in [1.54, 1.807) is 0 Å². The van der Waals surface area contributed by atoms with Crippen LogP contribution in [0.15, 0.2) is 28.7 Å². The van der Waals surface area contributed by atoms with Crippen molar-refractivity contribution in [3.8, 4) is 0 Å². The van der Waals surface area contributed by atoms with Gasteiger partial charge in [-0.1, -0.05) is 53.9 Å². The second-order valence-electron chi connectivity index (χ2n) is 6.70. The van der Waals surface area contributed by atoms with Gasteiger partial charge in [0.1, 0.15) is 5.60 Å². The van der Waals surface area contributed by atoms with E-state index in [1.807, 2.05) is 26.8 Å². The number of nitrogens with one attached hydrogen (secondary N) is 1. The molecule has 1 aromatic carbocycles. The first-order valence-corrected chi connectivity index (χ1v) is 8.80. The predicted molar refractivity (Wildman–Crippen MR) is 95.3 cm³/mol. The van der Waals surface area contributed by atoms with Crippen molar-refractivity contribution in [3.63, 3.8) is 0 Å². The summed E-state index contributed by atoms with van der Waals surface area (Å²) >= 11 is 3.61. The third-order valence-electron chi connectivity index (χ3n) is 3.42. The Kier molecular flexibility index (Phi) is 7.94. The van der Waals surface area contributed by atoms with Gasteiger partial charge in [-0.05, 0) is 51.2 Å². The van der Waals surface area contributed by atoms with Crippen LogP contribution >= 0.6 is 15.9 Å². The normalized spacial score (nSPS) is 12.8. The van der Waals surface area contributed by atoms with Crippen LogP contribution in [0.2, 0.25) is 0 Å². The zero-order valence-electron chi connectivity index (χ0n) is 14.1. The van der Waals surface area contributed by atoms with Crippen LogP contribution in [0.3, 0.4) is 0 Å².